The molecule has 3 aromatic rings. The zero-order valence-corrected chi connectivity index (χ0v) is 15.9. The van der Waals surface area contributed by atoms with Crippen LogP contribution >= 0.6 is 11.3 Å². The number of nitrogens with zero attached hydrogens (tertiary/aromatic N) is 3. The lowest BCUT2D eigenvalue weighted by atomic mass is 10.0. The monoisotopic (exact) mass is 395 g/mol. The topological polar surface area (TPSA) is 53.5 Å². The van der Waals surface area contributed by atoms with Crippen LogP contribution in [0.15, 0.2) is 42.5 Å². The molecule has 2 aliphatic heterocycles. The molecule has 28 heavy (non-hydrogen) atoms. The maximum atomic E-state index is 13.5. The van der Waals surface area contributed by atoms with E-state index in [9.17, 15) is 14.0 Å². The average Bonchev–Trinajstić information content (AvgIpc) is 3.24. The zero-order chi connectivity index (χ0) is 19.3. The third-order valence-electron chi connectivity index (χ3n) is 5.47. The van der Waals surface area contributed by atoms with Gasteiger partial charge in [0.2, 0.25) is 0 Å². The van der Waals surface area contributed by atoms with Crippen LogP contribution in [-0.2, 0) is 4.79 Å². The van der Waals surface area contributed by atoms with Crippen molar-refractivity contribution < 1.29 is 14.0 Å². The van der Waals surface area contributed by atoms with E-state index in [4.69, 9.17) is 4.98 Å². The minimum absolute atomic E-state index is 0.110. The fraction of sp³-hybridized carbons (Fsp3) is 0.286. The smallest absolute Gasteiger partial charge is 0.291 e. The van der Waals surface area contributed by atoms with Gasteiger partial charge in [0.1, 0.15) is 10.8 Å². The van der Waals surface area contributed by atoms with Crippen molar-refractivity contribution in [1.82, 2.24) is 9.88 Å². The summed E-state index contributed by atoms with van der Waals surface area (Å²) in [6.07, 6.45) is 3.10. The van der Waals surface area contributed by atoms with Crippen LogP contribution in [0.25, 0.3) is 10.2 Å². The van der Waals surface area contributed by atoms with Gasteiger partial charge in [-0.1, -0.05) is 18.6 Å². The van der Waals surface area contributed by atoms with Crippen molar-refractivity contribution in [2.45, 2.75) is 25.3 Å². The number of para-hydroxylation sites is 1. The molecule has 3 heterocycles. The SMILES string of the molecule is O=C1C(=O)N(CN2CCCC[C@H]2c2nc3ccccc3s2)c2ccc(F)cc21. The Morgan fingerprint density at radius 3 is 2.86 bits per heavy atom. The Balaban J connectivity index is 1.46. The highest BCUT2D eigenvalue weighted by Crippen LogP contribution is 2.37. The minimum Gasteiger partial charge on any atom is -0.291 e. The van der Waals surface area contributed by atoms with Crippen LogP contribution in [0, 0.1) is 5.82 Å². The van der Waals surface area contributed by atoms with Gasteiger partial charge in [0.25, 0.3) is 5.78 Å². The predicted octanol–water partition coefficient (Wildman–Crippen LogP) is 4.15. The second-order valence-electron chi connectivity index (χ2n) is 7.21. The summed E-state index contributed by atoms with van der Waals surface area (Å²) >= 11 is 1.68. The van der Waals surface area contributed by atoms with Crippen LogP contribution in [0.5, 0.6) is 0 Å². The van der Waals surface area contributed by atoms with Crippen LogP contribution in [0.4, 0.5) is 10.1 Å². The van der Waals surface area contributed by atoms with Gasteiger partial charge in [0, 0.05) is 6.54 Å². The standard InChI is InChI=1S/C21H18FN3O2S/c22-13-8-9-16-14(11-13)19(26)21(27)25(16)12-24-10-4-3-6-17(24)20-23-15-5-1-2-7-18(15)28-20/h1-2,5,7-9,11,17H,3-4,6,10,12H2/t17-/m0/s1. The van der Waals surface area contributed by atoms with Crippen LogP contribution in [-0.4, -0.2) is 34.8 Å². The molecule has 0 aliphatic carbocycles. The summed E-state index contributed by atoms with van der Waals surface area (Å²) in [4.78, 5) is 33.3. The van der Waals surface area contributed by atoms with Gasteiger partial charge in [-0.25, -0.2) is 9.37 Å². The second kappa shape index (κ2) is 6.76. The number of Topliss-reactive ketones (excluding diaryl/α,β-unsaturated/α-hetero) is 1. The van der Waals surface area contributed by atoms with E-state index in [1.165, 1.54) is 17.0 Å². The lowest BCUT2D eigenvalue weighted by molar-refractivity contribution is -0.114. The lowest BCUT2D eigenvalue weighted by Gasteiger charge is -2.36. The van der Waals surface area contributed by atoms with Crippen molar-refractivity contribution in [2.24, 2.45) is 0 Å². The van der Waals surface area contributed by atoms with E-state index in [-0.39, 0.29) is 11.6 Å². The molecule has 1 fully saturated rings. The lowest BCUT2D eigenvalue weighted by Crippen LogP contribution is -2.44. The number of carbonyl (C=O) groups excluding carboxylic acids is 2. The van der Waals surface area contributed by atoms with Gasteiger partial charge >= 0.3 is 5.91 Å². The molecule has 1 saturated heterocycles. The second-order valence-corrected chi connectivity index (χ2v) is 8.27. The number of rotatable bonds is 3. The molecular formula is C21H18FN3O2S. The third-order valence-corrected chi connectivity index (χ3v) is 6.60. The van der Waals surface area contributed by atoms with Gasteiger partial charge in [0.05, 0.1) is 34.2 Å². The summed E-state index contributed by atoms with van der Waals surface area (Å²) in [6, 6.07) is 12.1. The summed E-state index contributed by atoms with van der Waals surface area (Å²) in [6.45, 7) is 1.14. The Bertz CT molecular complexity index is 1060. The molecule has 5 nitrogen and oxygen atoms in total. The molecule has 1 atom stereocenters. The molecule has 0 bridgehead atoms. The first-order chi connectivity index (χ1) is 13.6. The molecule has 0 N–H and O–H groups in total. The molecule has 0 spiro atoms. The van der Waals surface area contributed by atoms with Gasteiger partial charge in [-0.3, -0.25) is 19.4 Å². The van der Waals surface area contributed by atoms with Crippen LogP contribution in [0.3, 0.4) is 0 Å². The molecule has 5 rings (SSSR count). The Kier molecular flexibility index (Phi) is 4.21. The highest BCUT2D eigenvalue weighted by molar-refractivity contribution is 7.18. The molecular weight excluding hydrogens is 377 g/mol. The van der Waals surface area contributed by atoms with Crippen molar-refractivity contribution in [1.29, 1.82) is 0 Å². The van der Waals surface area contributed by atoms with Crippen molar-refractivity contribution in [3.63, 3.8) is 0 Å². The summed E-state index contributed by atoms with van der Waals surface area (Å²) < 4.78 is 14.7. The number of fused-ring (bicyclic) bond motifs is 2. The number of hydrogen-bond donors (Lipinski definition) is 0. The molecule has 0 saturated carbocycles. The van der Waals surface area contributed by atoms with Crippen LogP contribution in [0.1, 0.15) is 40.7 Å². The maximum absolute atomic E-state index is 13.5. The first-order valence-electron chi connectivity index (χ1n) is 9.37. The van der Waals surface area contributed by atoms with Gasteiger partial charge in [-0.15, -0.1) is 11.3 Å². The van der Waals surface area contributed by atoms with Crippen LogP contribution < -0.4 is 4.90 Å². The third kappa shape index (κ3) is 2.82. The largest absolute Gasteiger partial charge is 0.300 e. The fourth-order valence-electron chi connectivity index (χ4n) is 4.07. The number of piperidine rings is 1. The zero-order valence-electron chi connectivity index (χ0n) is 15.1. The number of carbonyl (C=O) groups is 2. The van der Waals surface area contributed by atoms with Gasteiger partial charge in [-0.05, 0) is 43.2 Å². The van der Waals surface area contributed by atoms with Gasteiger partial charge < -0.3 is 0 Å². The molecule has 0 radical (unpaired) electrons. The normalized spacial score (nSPS) is 20.2. The van der Waals surface area contributed by atoms with Gasteiger partial charge in [0.15, 0.2) is 0 Å². The summed E-state index contributed by atoms with van der Waals surface area (Å²) in [5, 5.41) is 1.04. The highest BCUT2D eigenvalue weighted by atomic mass is 32.1. The van der Waals surface area contributed by atoms with E-state index in [1.54, 1.807) is 11.3 Å². The number of ketones is 1. The van der Waals surface area contributed by atoms with Crippen molar-refractivity contribution in [3.05, 3.63) is 58.9 Å². The minimum atomic E-state index is -0.636. The van der Waals surface area contributed by atoms with Crippen LogP contribution in [0.2, 0.25) is 0 Å². The Hall–Kier alpha value is -2.64. The Labute approximate surface area is 165 Å². The molecule has 1 aromatic heterocycles. The number of thiazole rings is 1. The van der Waals surface area contributed by atoms with E-state index < -0.39 is 17.5 Å². The Morgan fingerprint density at radius 1 is 1.14 bits per heavy atom. The molecule has 2 aromatic carbocycles. The quantitative estimate of drug-likeness (QED) is 0.625. The number of halogens is 1. The molecule has 7 heteroatoms. The predicted molar refractivity (Wildman–Crippen MR) is 106 cm³/mol. The number of amides is 1. The van der Waals surface area contributed by atoms with E-state index in [1.807, 2.05) is 18.2 Å². The van der Waals surface area contributed by atoms with E-state index in [0.717, 1.165) is 47.1 Å². The van der Waals surface area contributed by atoms with E-state index in [0.29, 0.717) is 12.4 Å². The molecule has 2 aliphatic rings. The highest BCUT2D eigenvalue weighted by Gasteiger charge is 2.38. The molecule has 142 valence electrons. The Morgan fingerprint density at radius 2 is 2.00 bits per heavy atom. The van der Waals surface area contributed by atoms with E-state index >= 15 is 0 Å². The van der Waals surface area contributed by atoms with Gasteiger partial charge in [-0.2, -0.15) is 0 Å². The number of hydrogen-bond acceptors (Lipinski definition) is 5. The van der Waals surface area contributed by atoms with Crippen molar-refractivity contribution >= 4 is 38.9 Å². The summed E-state index contributed by atoms with van der Waals surface area (Å²) in [5.74, 6) is -1.73. The van der Waals surface area contributed by atoms with Crippen molar-refractivity contribution in [2.75, 3.05) is 18.1 Å². The van der Waals surface area contributed by atoms with Crippen molar-refractivity contribution in [3.8, 4) is 0 Å². The van der Waals surface area contributed by atoms with E-state index in [2.05, 4.69) is 11.0 Å². The number of benzene rings is 2. The molecule has 0 unspecified atom stereocenters. The maximum Gasteiger partial charge on any atom is 0.300 e. The first kappa shape index (κ1) is 17.5. The summed E-state index contributed by atoms with van der Waals surface area (Å²) in [5.41, 5.74) is 1.63. The molecule has 1 amide bonds. The first-order valence-corrected chi connectivity index (χ1v) is 10.2. The number of anilines is 1. The average molecular weight is 395 g/mol. The summed E-state index contributed by atoms with van der Waals surface area (Å²) in [7, 11) is 0. The number of likely N-dealkylation sites (tertiary alicyclic amines) is 1. The fourth-order valence-corrected chi connectivity index (χ4v) is 5.20. The number of aromatic nitrogens is 1.